The molecule has 2 aliphatic carbocycles. The van der Waals surface area contributed by atoms with Crippen molar-refractivity contribution in [2.24, 2.45) is 29.6 Å². The van der Waals surface area contributed by atoms with Gasteiger partial charge in [0.1, 0.15) is 12.4 Å². The van der Waals surface area contributed by atoms with E-state index < -0.39 is 11.9 Å². The van der Waals surface area contributed by atoms with E-state index in [9.17, 15) is 19.2 Å². The molecule has 2 bridgehead atoms. The van der Waals surface area contributed by atoms with Crippen LogP contribution in [0.25, 0.3) is 0 Å². The van der Waals surface area contributed by atoms with Crippen molar-refractivity contribution in [3.8, 4) is 5.75 Å². The molecule has 3 heterocycles. The van der Waals surface area contributed by atoms with Crippen molar-refractivity contribution in [1.29, 1.82) is 0 Å². The highest BCUT2D eigenvalue weighted by atomic mass is 32.2. The van der Waals surface area contributed by atoms with Gasteiger partial charge in [-0.25, -0.2) is 4.79 Å². The van der Waals surface area contributed by atoms with Crippen LogP contribution in [0.5, 0.6) is 5.75 Å². The first kappa shape index (κ1) is 29.3. The molecule has 1 N–H and O–H groups in total. The molecule has 5 unspecified atom stereocenters. The number of H-pyrrole nitrogens is 1. The van der Waals surface area contributed by atoms with Gasteiger partial charge in [0.2, 0.25) is 11.8 Å². The third-order valence-corrected chi connectivity index (χ3v) is 12.7. The first-order valence-electron chi connectivity index (χ1n) is 15.7. The Morgan fingerprint density at radius 2 is 1.70 bits per heavy atom. The Kier molecular flexibility index (Phi) is 7.17. The summed E-state index contributed by atoms with van der Waals surface area (Å²) in [6.45, 7) is 4.55. The van der Waals surface area contributed by atoms with E-state index in [0.29, 0.717) is 17.9 Å². The smallest absolute Gasteiger partial charge is 0.338 e. The molecule has 46 heavy (non-hydrogen) atoms. The second-order valence-electron chi connectivity index (χ2n) is 12.6. The van der Waals surface area contributed by atoms with E-state index in [0.717, 1.165) is 33.2 Å². The number of fused-ring (bicyclic) bond motifs is 9. The largest absolute Gasteiger partial charge is 0.489 e. The van der Waals surface area contributed by atoms with Crippen LogP contribution in [0.3, 0.4) is 0 Å². The van der Waals surface area contributed by atoms with Crippen LogP contribution in [0.2, 0.25) is 0 Å². The number of thioether (sulfide) groups is 1. The Morgan fingerprint density at radius 3 is 2.41 bits per heavy atom. The normalized spacial score (nSPS) is 27.3. The summed E-state index contributed by atoms with van der Waals surface area (Å²) in [5.41, 5.74) is 4.24. The molecule has 2 saturated carbocycles. The van der Waals surface area contributed by atoms with E-state index in [1.807, 2.05) is 24.3 Å². The van der Waals surface area contributed by atoms with Gasteiger partial charge in [0.15, 0.2) is 0 Å². The van der Waals surface area contributed by atoms with Crippen LogP contribution in [-0.4, -0.2) is 34.6 Å². The molecular formula is C36H32N2O6S2. The highest BCUT2D eigenvalue weighted by molar-refractivity contribution is 8.00. The Labute approximate surface area is 274 Å². The lowest BCUT2D eigenvalue weighted by Gasteiger charge is -2.43. The van der Waals surface area contributed by atoms with Gasteiger partial charge in [-0.15, -0.1) is 11.8 Å². The molecule has 7 atom stereocenters. The van der Waals surface area contributed by atoms with Gasteiger partial charge in [0.05, 0.1) is 34.7 Å². The number of thiazole rings is 1. The maximum absolute atomic E-state index is 14.1. The molecule has 4 aliphatic rings. The molecule has 3 aromatic carbocycles. The van der Waals surface area contributed by atoms with Crippen LogP contribution in [-0.2, 0) is 20.9 Å². The average Bonchev–Trinajstić information content (AvgIpc) is 3.79. The SMILES string of the molecule is CCOC(=O)c1ccc(N2C(=O)C3C(C2=O)[C@@H]2C[C@H]3C3Sc4[nH]c(=O)sc4C(c4ccc(OCc5cccc(C)c5)cc4)C32)cc1. The number of nitrogens with zero attached hydrogens (tertiary/aromatic N) is 1. The molecule has 0 spiro atoms. The van der Waals surface area contributed by atoms with Crippen molar-refractivity contribution in [3.63, 3.8) is 0 Å². The number of esters is 1. The molecular weight excluding hydrogens is 621 g/mol. The zero-order chi connectivity index (χ0) is 31.7. The lowest BCUT2D eigenvalue weighted by Crippen LogP contribution is -2.42. The fourth-order valence-corrected chi connectivity index (χ4v) is 11.2. The Bertz CT molecular complexity index is 1920. The predicted molar refractivity (Wildman–Crippen MR) is 175 cm³/mol. The van der Waals surface area contributed by atoms with Gasteiger partial charge in [-0.3, -0.25) is 19.3 Å². The van der Waals surface area contributed by atoms with Gasteiger partial charge in [-0.2, -0.15) is 0 Å². The minimum Gasteiger partial charge on any atom is -0.489 e. The maximum Gasteiger partial charge on any atom is 0.338 e. The van der Waals surface area contributed by atoms with E-state index in [1.165, 1.54) is 21.8 Å². The van der Waals surface area contributed by atoms with Crippen molar-refractivity contribution in [2.45, 2.75) is 43.1 Å². The quantitative estimate of drug-likeness (QED) is 0.188. The van der Waals surface area contributed by atoms with Crippen molar-refractivity contribution < 1.29 is 23.9 Å². The summed E-state index contributed by atoms with van der Waals surface area (Å²) in [5, 5.41) is 0.988. The summed E-state index contributed by atoms with van der Waals surface area (Å²) in [4.78, 5) is 58.1. The van der Waals surface area contributed by atoms with Crippen LogP contribution in [0.4, 0.5) is 5.69 Å². The molecule has 2 aliphatic heterocycles. The Hall–Kier alpha value is -4.15. The number of aromatic nitrogens is 1. The highest BCUT2D eigenvalue weighted by Gasteiger charge is 2.69. The number of ether oxygens (including phenoxy) is 2. The number of nitrogens with one attached hydrogen (secondary N) is 1. The summed E-state index contributed by atoms with van der Waals surface area (Å²) in [6.07, 6.45) is 0.818. The maximum atomic E-state index is 14.1. The highest BCUT2D eigenvalue weighted by Crippen LogP contribution is 2.68. The van der Waals surface area contributed by atoms with Gasteiger partial charge in [0.25, 0.3) is 0 Å². The van der Waals surface area contributed by atoms with Gasteiger partial charge < -0.3 is 14.5 Å². The van der Waals surface area contributed by atoms with Crippen LogP contribution < -0.4 is 14.5 Å². The third kappa shape index (κ3) is 4.64. The minimum absolute atomic E-state index is 0.0142. The Morgan fingerprint density at radius 1 is 0.957 bits per heavy atom. The van der Waals surface area contributed by atoms with Gasteiger partial charge in [-0.1, -0.05) is 53.3 Å². The fourth-order valence-electron chi connectivity index (χ4n) is 8.35. The third-order valence-electron chi connectivity index (χ3n) is 10.1. The number of aromatic amines is 1. The fraction of sp³-hybridized carbons (Fsp3) is 0.333. The van der Waals surface area contributed by atoms with Crippen LogP contribution in [0.1, 0.15) is 51.2 Å². The van der Waals surface area contributed by atoms with Gasteiger partial charge in [0, 0.05) is 16.0 Å². The van der Waals surface area contributed by atoms with Crippen molar-refractivity contribution in [2.75, 3.05) is 11.5 Å². The number of amides is 2. The van der Waals surface area contributed by atoms with E-state index in [2.05, 4.69) is 36.2 Å². The van der Waals surface area contributed by atoms with Crippen LogP contribution in [0.15, 0.2) is 82.6 Å². The predicted octanol–water partition coefficient (Wildman–Crippen LogP) is 6.18. The number of anilines is 1. The molecule has 3 fully saturated rings. The number of carbonyl (C=O) groups excluding carboxylic acids is 3. The monoisotopic (exact) mass is 652 g/mol. The summed E-state index contributed by atoms with van der Waals surface area (Å²) < 4.78 is 11.2. The van der Waals surface area contributed by atoms with E-state index in [-0.39, 0.29) is 58.1 Å². The zero-order valence-electron chi connectivity index (χ0n) is 25.3. The summed E-state index contributed by atoms with van der Waals surface area (Å²) in [5.74, 6) is -0.702. The molecule has 10 heteroatoms. The molecule has 1 saturated heterocycles. The number of benzene rings is 3. The molecule has 1 aromatic heterocycles. The zero-order valence-corrected chi connectivity index (χ0v) is 26.9. The molecule has 8 rings (SSSR count). The first-order valence-corrected chi connectivity index (χ1v) is 17.3. The van der Waals surface area contributed by atoms with Gasteiger partial charge >= 0.3 is 10.8 Å². The first-order chi connectivity index (χ1) is 22.3. The average molecular weight is 653 g/mol. The van der Waals surface area contributed by atoms with Crippen molar-refractivity contribution >= 4 is 46.6 Å². The van der Waals surface area contributed by atoms with Crippen LogP contribution >= 0.6 is 23.1 Å². The molecule has 234 valence electrons. The molecule has 2 amide bonds. The summed E-state index contributed by atoms with van der Waals surface area (Å²) >= 11 is 2.93. The van der Waals surface area contributed by atoms with Gasteiger partial charge in [-0.05, 0) is 85.5 Å². The van der Waals surface area contributed by atoms with E-state index >= 15 is 0 Å². The summed E-state index contributed by atoms with van der Waals surface area (Å²) in [7, 11) is 0. The van der Waals surface area contributed by atoms with E-state index in [4.69, 9.17) is 9.47 Å². The lowest BCUT2D eigenvalue weighted by molar-refractivity contribution is -0.123. The van der Waals surface area contributed by atoms with Crippen molar-refractivity contribution in [1.82, 2.24) is 4.98 Å². The van der Waals surface area contributed by atoms with Crippen LogP contribution in [0, 0.1) is 36.5 Å². The summed E-state index contributed by atoms with van der Waals surface area (Å²) in [6, 6.07) is 22.9. The number of hydrogen-bond acceptors (Lipinski definition) is 8. The molecule has 0 radical (unpaired) electrons. The number of aryl methyl sites for hydroxylation is 1. The lowest BCUT2D eigenvalue weighted by atomic mass is 9.68. The van der Waals surface area contributed by atoms with Crippen molar-refractivity contribution in [3.05, 3.63) is 110 Å². The standard InChI is InChI=1S/C36H32N2O6S2/c1-3-43-35(41)21-7-11-22(12-8-21)38-33(39)28-24-16-25(29(28)34(38)40)30-27(24)26(31-32(45-30)37-36(42)46-31)20-9-13-23(14-10-20)44-17-19-6-4-5-18(2)15-19/h4-15,24-30H,3,16-17H2,1-2H3,(H,37,42)/t24-,25-,26?,27?,28?,29?,30?/m1/s1. The number of imide groups is 1. The minimum atomic E-state index is -0.438. The second kappa shape index (κ2) is 11.3. The Balaban J connectivity index is 1.08. The number of hydrogen-bond donors (Lipinski definition) is 1. The number of carbonyl (C=O) groups is 3. The van der Waals surface area contributed by atoms with E-state index in [1.54, 1.807) is 43.0 Å². The topological polar surface area (TPSA) is 106 Å². The second-order valence-corrected chi connectivity index (χ2v) is 14.8. The number of rotatable bonds is 7. The molecule has 4 aromatic rings. The molecule has 8 nitrogen and oxygen atoms in total.